The molecule has 0 fully saturated rings. The van der Waals surface area contributed by atoms with Gasteiger partial charge in [-0.05, 0) is 18.2 Å². The van der Waals surface area contributed by atoms with E-state index in [9.17, 15) is 4.79 Å². The smallest absolute Gasteiger partial charge is 0.336 e. The molecule has 6 heteroatoms. The lowest BCUT2D eigenvalue weighted by Crippen LogP contribution is -2.09. The number of nitrogens with zero attached hydrogens (tertiary/aromatic N) is 3. The summed E-state index contributed by atoms with van der Waals surface area (Å²) in [5.41, 5.74) is 1.83. The van der Waals surface area contributed by atoms with Gasteiger partial charge in [0.1, 0.15) is 0 Å². The molecular formula is C16H13N3O2S. The van der Waals surface area contributed by atoms with Crippen molar-refractivity contribution in [2.75, 3.05) is 0 Å². The van der Waals surface area contributed by atoms with Gasteiger partial charge in [-0.3, -0.25) is 0 Å². The minimum absolute atomic E-state index is 0.210. The number of aromatic carboxylic acids is 1. The molecule has 2 aromatic carbocycles. The zero-order chi connectivity index (χ0) is 15.5. The largest absolute Gasteiger partial charge is 0.478 e. The number of aryl methyl sites for hydroxylation is 1. The van der Waals surface area contributed by atoms with Gasteiger partial charge < -0.3 is 9.67 Å². The second-order valence-electron chi connectivity index (χ2n) is 4.65. The van der Waals surface area contributed by atoms with Gasteiger partial charge in [0.05, 0.1) is 22.0 Å². The Kier molecular flexibility index (Phi) is 3.84. The monoisotopic (exact) mass is 311 g/mol. The molecule has 0 saturated heterocycles. The lowest BCUT2D eigenvalue weighted by molar-refractivity contribution is 0.0697. The molecule has 1 aromatic heterocycles. The first-order chi connectivity index (χ1) is 10.7. The van der Waals surface area contributed by atoms with E-state index < -0.39 is 5.97 Å². The summed E-state index contributed by atoms with van der Waals surface area (Å²) in [5, 5.41) is 17.4. The lowest BCUT2D eigenvalue weighted by Gasteiger charge is -1.97. The van der Waals surface area contributed by atoms with Gasteiger partial charge in [0.15, 0.2) is 0 Å². The zero-order valence-corrected chi connectivity index (χ0v) is 12.6. The van der Waals surface area contributed by atoms with Crippen LogP contribution in [0.5, 0.6) is 0 Å². The van der Waals surface area contributed by atoms with Gasteiger partial charge in [0.25, 0.3) is 0 Å². The Balaban J connectivity index is 1.99. The highest BCUT2D eigenvalue weighted by molar-refractivity contribution is 7.16. The molecule has 1 heterocycles. The quantitative estimate of drug-likeness (QED) is 0.597. The predicted octanol–water partition coefficient (Wildman–Crippen LogP) is 2.87. The number of rotatable bonds is 3. The fourth-order valence-corrected chi connectivity index (χ4v) is 3.10. The Morgan fingerprint density at radius 1 is 1.18 bits per heavy atom. The molecule has 0 spiro atoms. The number of benzene rings is 2. The van der Waals surface area contributed by atoms with Gasteiger partial charge in [-0.15, -0.1) is 5.10 Å². The summed E-state index contributed by atoms with van der Waals surface area (Å²) in [5.74, 6) is -0.977. The average molecular weight is 311 g/mol. The average Bonchev–Trinajstić information content (AvgIpc) is 2.85. The molecule has 0 aliphatic heterocycles. The molecule has 0 saturated carbocycles. The van der Waals surface area contributed by atoms with Crippen LogP contribution in [0.2, 0.25) is 0 Å². The van der Waals surface area contributed by atoms with E-state index in [1.165, 1.54) is 17.6 Å². The molecule has 0 amide bonds. The number of carbonyl (C=O) groups is 1. The van der Waals surface area contributed by atoms with Crippen molar-refractivity contribution in [2.45, 2.75) is 0 Å². The van der Waals surface area contributed by atoms with Crippen LogP contribution in [0.25, 0.3) is 10.2 Å². The number of aromatic nitrogens is 1. The van der Waals surface area contributed by atoms with Gasteiger partial charge in [-0.1, -0.05) is 41.7 Å². The Labute approximate surface area is 130 Å². The highest BCUT2D eigenvalue weighted by Crippen LogP contribution is 2.15. The van der Waals surface area contributed by atoms with Crippen molar-refractivity contribution in [1.29, 1.82) is 0 Å². The van der Waals surface area contributed by atoms with Crippen LogP contribution in [0.1, 0.15) is 15.9 Å². The van der Waals surface area contributed by atoms with Crippen LogP contribution in [-0.2, 0) is 7.05 Å². The second kappa shape index (κ2) is 5.95. The number of hydrogen-bond donors (Lipinski definition) is 1. The van der Waals surface area contributed by atoms with E-state index in [-0.39, 0.29) is 5.56 Å². The van der Waals surface area contributed by atoms with E-state index in [1.54, 1.807) is 24.3 Å². The van der Waals surface area contributed by atoms with E-state index in [0.717, 1.165) is 15.0 Å². The molecule has 0 unspecified atom stereocenters. The van der Waals surface area contributed by atoms with Gasteiger partial charge in [-0.2, -0.15) is 5.10 Å². The van der Waals surface area contributed by atoms with Crippen LogP contribution in [0, 0.1) is 0 Å². The molecule has 0 aliphatic rings. The Morgan fingerprint density at radius 3 is 2.68 bits per heavy atom. The topological polar surface area (TPSA) is 67.0 Å². The highest BCUT2D eigenvalue weighted by Gasteiger charge is 2.06. The van der Waals surface area contributed by atoms with Crippen LogP contribution >= 0.6 is 11.3 Å². The third-order valence-corrected chi connectivity index (χ3v) is 4.35. The summed E-state index contributed by atoms with van der Waals surface area (Å²) >= 11 is 1.54. The third-order valence-electron chi connectivity index (χ3n) is 3.25. The van der Waals surface area contributed by atoms with Gasteiger partial charge in [0.2, 0.25) is 4.80 Å². The summed E-state index contributed by atoms with van der Waals surface area (Å²) in [7, 11) is 1.93. The molecule has 110 valence electrons. The molecule has 3 aromatic rings. The number of fused-ring (bicyclic) bond motifs is 1. The van der Waals surface area contributed by atoms with Crippen molar-refractivity contribution >= 4 is 33.7 Å². The van der Waals surface area contributed by atoms with Gasteiger partial charge >= 0.3 is 5.97 Å². The first-order valence-electron chi connectivity index (χ1n) is 6.61. The fraction of sp³-hybridized carbons (Fsp3) is 0.0625. The van der Waals surface area contributed by atoms with Crippen LogP contribution in [0.3, 0.4) is 0 Å². The maximum absolute atomic E-state index is 11.1. The molecule has 0 atom stereocenters. The Morgan fingerprint density at radius 2 is 1.91 bits per heavy atom. The molecule has 1 N–H and O–H groups in total. The van der Waals surface area contributed by atoms with Gasteiger partial charge in [-0.25, -0.2) is 4.79 Å². The normalized spacial score (nSPS) is 12.3. The number of hydrogen-bond acceptors (Lipinski definition) is 4. The van der Waals surface area contributed by atoms with E-state index >= 15 is 0 Å². The van der Waals surface area contributed by atoms with E-state index in [4.69, 9.17) is 5.11 Å². The first kappa shape index (κ1) is 14.2. The molecule has 5 nitrogen and oxygen atoms in total. The van der Waals surface area contributed by atoms with Crippen LogP contribution in [0.4, 0.5) is 0 Å². The standard InChI is InChI=1S/C16H13N3O2S/c1-19-13-8-4-5-9-14(13)22-16(19)18-17-10-11-6-2-3-7-12(11)15(20)21/h2-10H,1H3,(H,20,21)/b17-10+,18-16-. The van der Waals surface area contributed by atoms with E-state index in [1.807, 2.05) is 35.9 Å². The molecular weight excluding hydrogens is 298 g/mol. The van der Waals surface area contributed by atoms with Crippen LogP contribution < -0.4 is 4.80 Å². The van der Waals surface area contributed by atoms with Crippen molar-refractivity contribution in [1.82, 2.24) is 4.57 Å². The summed E-state index contributed by atoms with van der Waals surface area (Å²) in [6, 6.07) is 14.7. The summed E-state index contributed by atoms with van der Waals surface area (Å²) < 4.78 is 3.09. The van der Waals surface area contributed by atoms with Crippen molar-refractivity contribution in [2.24, 2.45) is 17.3 Å². The summed E-state index contributed by atoms with van der Waals surface area (Å²) in [6.07, 6.45) is 1.47. The number of carboxylic acid groups (broad SMARTS) is 1. The van der Waals surface area contributed by atoms with Crippen molar-refractivity contribution in [3.05, 3.63) is 64.5 Å². The third kappa shape index (κ3) is 2.68. The lowest BCUT2D eigenvalue weighted by atomic mass is 10.1. The summed E-state index contributed by atoms with van der Waals surface area (Å²) in [6.45, 7) is 0. The number of para-hydroxylation sites is 1. The van der Waals surface area contributed by atoms with Crippen molar-refractivity contribution < 1.29 is 9.90 Å². The molecule has 22 heavy (non-hydrogen) atoms. The molecule has 3 rings (SSSR count). The number of thiazole rings is 1. The second-order valence-corrected chi connectivity index (χ2v) is 5.66. The van der Waals surface area contributed by atoms with Crippen LogP contribution in [-0.4, -0.2) is 21.9 Å². The highest BCUT2D eigenvalue weighted by atomic mass is 32.1. The molecule has 0 radical (unpaired) electrons. The summed E-state index contributed by atoms with van der Waals surface area (Å²) in [4.78, 5) is 11.9. The van der Waals surface area contributed by atoms with E-state index in [2.05, 4.69) is 10.2 Å². The maximum Gasteiger partial charge on any atom is 0.336 e. The Hall–Kier alpha value is -2.73. The fourth-order valence-electron chi connectivity index (χ4n) is 2.12. The van der Waals surface area contributed by atoms with E-state index in [0.29, 0.717) is 5.56 Å². The van der Waals surface area contributed by atoms with Crippen molar-refractivity contribution in [3.63, 3.8) is 0 Å². The zero-order valence-electron chi connectivity index (χ0n) is 11.8. The van der Waals surface area contributed by atoms with Gasteiger partial charge in [0, 0.05) is 12.6 Å². The molecule has 0 aliphatic carbocycles. The first-order valence-corrected chi connectivity index (χ1v) is 7.42. The maximum atomic E-state index is 11.1. The minimum atomic E-state index is -0.977. The predicted molar refractivity (Wildman–Crippen MR) is 87.4 cm³/mol. The Bertz CT molecular complexity index is 938. The van der Waals surface area contributed by atoms with Crippen LogP contribution in [0.15, 0.2) is 58.7 Å². The van der Waals surface area contributed by atoms with Crippen molar-refractivity contribution in [3.8, 4) is 0 Å². The SMILES string of the molecule is Cn1/c(=N/N=C/c2ccccc2C(=O)O)sc2ccccc21. The number of carboxylic acids is 1. The minimum Gasteiger partial charge on any atom is -0.478 e. The molecule has 0 bridgehead atoms.